The Morgan fingerprint density at radius 3 is 2.32 bits per heavy atom. The lowest BCUT2D eigenvalue weighted by atomic mass is 10.1. The number of para-hydroxylation sites is 1. The number of carbonyl (C=O) groups is 3. The Morgan fingerprint density at radius 2 is 1.64 bits per heavy atom. The van der Waals surface area contributed by atoms with Crippen LogP contribution in [-0.4, -0.2) is 24.4 Å². The molecule has 0 saturated carbocycles. The van der Waals surface area contributed by atoms with Crippen LogP contribution in [0.1, 0.15) is 25.6 Å². The van der Waals surface area contributed by atoms with E-state index in [1.54, 1.807) is 41.8 Å². The number of nitrogens with one attached hydrogen (secondary N) is 1. The zero-order valence-corrected chi connectivity index (χ0v) is 15.6. The number of imide groups is 1. The van der Waals surface area contributed by atoms with Gasteiger partial charge in [-0.05, 0) is 41.3 Å². The van der Waals surface area contributed by atoms with E-state index in [0.29, 0.717) is 17.0 Å². The number of carbonyl (C=O) groups excluding carboxylic acids is 3. The van der Waals surface area contributed by atoms with Crippen molar-refractivity contribution in [3.8, 4) is 5.75 Å². The first-order valence-corrected chi connectivity index (χ1v) is 9.31. The van der Waals surface area contributed by atoms with Crippen molar-refractivity contribution in [2.75, 3.05) is 6.61 Å². The summed E-state index contributed by atoms with van der Waals surface area (Å²) in [4.78, 5) is 35.9. The predicted molar refractivity (Wildman–Crippen MR) is 104 cm³/mol. The molecule has 0 atom stereocenters. The summed E-state index contributed by atoms with van der Waals surface area (Å²) in [5.41, 5.74) is 1.19. The predicted octanol–water partition coefficient (Wildman–Crippen LogP) is 3.44. The molecule has 3 aromatic rings. The zero-order valence-electron chi connectivity index (χ0n) is 14.8. The van der Waals surface area contributed by atoms with Crippen LogP contribution in [0, 0.1) is 0 Å². The van der Waals surface area contributed by atoms with Crippen molar-refractivity contribution < 1.29 is 23.9 Å². The van der Waals surface area contributed by atoms with Gasteiger partial charge in [-0.3, -0.25) is 14.9 Å². The molecule has 0 aliphatic carbocycles. The van der Waals surface area contributed by atoms with Gasteiger partial charge in [-0.25, -0.2) is 4.79 Å². The van der Waals surface area contributed by atoms with Crippen molar-refractivity contribution in [2.24, 2.45) is 0 Å². The third-order valence-corrected chi connectivity index (χ3v) is 4.54. The number of thiophene rings is 1. The Balaban J connectivity index is 1.45. The van der Waals surface area contributed by atoms with E-state index in [1.807, 2.05) is 30.3 Å². The first-order chi connectivity index (χ1) is 13.6. The molecule has 0 unspecified atom stereocenters. The summed E-state index contributed by atoms with van der Waals surface area (Å²) in [6.07, 6.45) is 0. The van der Waals surface area contributed by atoms with Gasteiger partial charge in [0.05, 0.1) is 10.4 Å². The van der Waals surface area contributed by atoms with Crippen LogP contribution < -0.4 is 10.1 Å². The highest BCUT2D eigenvalue weighted by atomic mass is 32.1. The molecular formula is C21H17NO5S. The number of amides is 2. The maximum Gasteiger partial charge on any atom is 0.338 e. The molecule has 1 N–H and O–H groups in total. The third kappa shape index (κ3) is 5.52. The Labute approximate surface area is 165 Å². The van der Waals surface area contributed by atoms with Gasteiger partial charge < -0.3 is 9.47 Å². The van der Waals surface area contributed by atoms with Crippen LogP contribution in [0.15, 0.2) is 72.1 Å². The molecule has 2 aromatic carbocycles. The van der Waals surface area contributed by atoms with Crippen LogP contribution in [0.3, 0.4) is 0 Å². The van der Waals surface area contributed by atoms with Crippen LogP contribution in [0.25, 0.3) is 0 Å². The Hall–Kier alpha value is -3.45. The van der Waals surface area contributed by atoms with E-state index < -0.39 is 24.4 Å². The highest BCUT2D eigenvalue weighted by Crippen LogP contribution is 2.13. The lowest BCUT2D eigenvalue weighted by molar-refractivity contribution is -0.123. The Kier molecular flexibility index (Phi) is 6.54. The summed E-state index contributed by atoms with van der Waals surface area (Å²) in [6, 6.07) is 19.4. The van der Waals surface area contributed by atoms with E-state index in [9.17, 15) is 14.4 Å². The molecule has 0 saturated heterocycles. The minimum Gasteiger partial charge on any atom is -0.489 e. The zero-order chi connectivity index (χ0) is 19.8. The van der Waals surface area contributed by atoms with Crippen LogP contribution >= 0.6 is 11.3 Å². The van der Waals surface area contributed by atoms with Crippen molar-refractivity contribution in [3.63, 3.8) is 0 Å². The molecule has 0 radical (unpaired) electrons. The molecule has 0 fully saturated rings. The molecule has 3 rings (SSSR count). The second-order valence-corrected chi connectivity index (χ2v) is 6.68. The fourth-order valence-corrected chi connectivity index (χ4v) is 2.89. The van der Waals surface area contributed by atoms with Crippen molar-refractivity contribution in [1.82, 2.24) is 5.32 Å². The minimum absolute atomic E-state index is 0.306. The summed E-state index contributed by atoms with van der Waals surface area (Å²) < 4.78 is 10.6. The fraction of sp³-hybridized carbons (Fsp3) is 0.0952. The Morgan fingerprint density at radius 1 is 0.893 bits per heavy atom. The Bertz CT molecular complexity index is 937. The number of ether oxygens (including phenoxy) is 2. The van der Waals surface area contributed by atoms with Crippen molar-refractivity contribution >= 4 is 29.1 Å². The topological polar surface area (TPSA) is 81.7 Å². The average molecular weight is 395 g/mol. The number of rotatable bonds is 7. The van der Waals surface area contributed by atoms with Gasteiger partial charge in [-0.2, -0.15) is 0 Å². The van der Waals surface area contributed by atoms with Crippen molar-refractivity contribution in [1.29, 1.82) is 0 Å². The molecule has 0 bridgehead atoms. The van der Waals surface area contributed by atoms with Crippen LogP contribution in [0.5, 0.6) is 5.75 Å². The molecule has 7 heteroatoms. The molecule has 1 aromatic heterocycles. The molecule has 0 aliphatic rings. The van der Waals surface area contributed by atoms with E-state index >= 15 is 0 Å². The molecule has 1 heterocycles. The van der Waals surface area contributed by atoms with Crippen LogP contribution in [0.2, 0.25) is 0 Å². The summed E-state index contributed by atoms with van der Waals surface area (Å²) >= 11 is 1.22. The van der Waals surface area contributed by atoms with Gasteiger partial charge in [0.25, 0.3) is 11.8 Å². The number of benzene rings is 2. The monoisotopic (exact) mass is 395 g/mol. The number of hydrogen-bond donors (Lipinski definition) is 1. The molecule has 142 valence electrons. The maximum absolute atomic E-state index is 12.0. The minimum atomic E-state index is -0.681. The lowest BCUT2D eigenvalue weighted by Crippen LogP contribution is -2.33. The molecule has 2 amide bonds. The van der Waals surface area contributed by atoms with E-state index in [-0.39, 0.29) is 0 Å². The normalized spacial score (nSPS) is 10.1. The first kappa shape index (κ1) is 19.3. The van der Waals surface area contributed by atoms with Gasteiger partial charge in [0, 0.05) is 0 Å². The summed E-state index contributed by atoms with van der Waals surface area (Å²) in [6.45, 7) is -0.165. The largest absolute Gasteiger partial charge is 0.489 e. The molecule has 6 nitrogen and oxygen atoms in total. The smallest absolute Gasteiger partial charge is 0.338 e. The third-order valence-electron chi connectivity index (χ3n) is 3.67. The van der Waals surface area contributed by atoms with E-state index in [1.165, 1.54) is 11.3 Å². The van der Waals surface area contributed by atoms with Crippen LogP contribution in [0.4, 0.5) is 0 Å². The fourth-order valence-electron chi connectivity index (χ4n) is 2.27. The second-order valence-electron chi connectivity index (χ2n) is 5.73. The van der Waals surface area contributed by atoms with E-state index in [4.69, 9.17) is 9.47 Å². The highest BCUT2D eigenvalue weighted by Gasteiger charge is 2.14. The van der Waals surface area contributed by atoms with Crippen molar-refractivity contribution in [2.45, 2.75) is 6.61 Å². The van der Waals surface area contributed by atoms with E-state index in [2.05, 4.69) is 5.32 Å². The van der Waals surface area contributed by atoms with Crippen molar-refractivity contribution in [3.05, 3.63) is 88.1 Å². The molecule has 0 aliphatic heterocycles. The van der Waals surface area contributed by atoms with Gasteiger partial charge in [0.1, 0.15) is 12.4 Å². The van der Waals surface area contributed by atoms with Gasteiger partial charge in [0.2, 0.25) is 0 Å². The molecule has 0 spiro atoms. The van der Waals surface area contributed by atoms with Gasteiger partial charge in [-0.1, -0.05) is 36.4 Å². The maximum atomic E-state index is 12.0. The second kappa shape index (κ2) is 9.48. The molecule has 28 heavy (non-hydrogen) atoms. The summed E-state index contributed by atoms with van der Waals surface area (Å²) in [5.74, 6) is -1.08. The van der Waals surface area contributed by atoms with Gasteiger partial charge in [0.15, 0.2) is 6.61 Å². The standard InChI is InChI=1S/C21H17NO5S/c23-19(22-20(24)18-7-4-12-28-18)14-27-21(25)16-10-8-15(9-11-16)13-26-17-5-2-1-3-6-17/h1-12H,13-14H2,(H,22,23,24). The highest BCUT2D eigenvalue weighted by molar-refractivity contribution is 7.12. The van der Waals surface area contributed by atoms with Gasteiger partial charge >= 0.3 is 5.97 Å². The summed E-state index contributed by atoms with van der Waals surface area (Å²) in [7, 11) is 0. The number of esters is 1. The van der Waals surface area contributed by atoms with Gasteiger partial charge in [-0.15, -0.1) is 11.3 Å². The van der Waals surface area contributed by atoms with Crippen LogP contribution in [-0.2, 0) is 16.1 Å². The SMILES string of the molecule is O=C(COC(=O)c1ccc(COc2ccccc2)cc1)NC(=O)c1cccs1. The average Bonchev–Trinajstić information content (AvgIpc) is 3.27. The quantitative estimate of drug-likeness (QED) is 0.620. The molecular weight excluding hydrogens is 378 g/mol. The first-order valence-electron chi connectivity index (χ1n) is 8.43. The number of hydrogen-bond acceptors (Lipinski definition) is 6. The van der Waals surface area contributed by atoms with E-state index in [0.717, 1.165) is 11.3 Å². The lowest BCUT2D eigenvalue weighted by Gasteiger charge is -2.07. The summed E-state index contributed by atoms with van der Waals surface area (Å²) in [5, 5.41) is 3.90.